The number of fused-ring (bicyclic) bond motifs is 1. The number of alkyl halides is 1. The Balaban J connectivity index is 0.982. The summed E-state index contributed by atoms with van der Waals surface area (Å²) in [7, 11) is -4.49. The number of hydrogen-bond donors (Lipinski definition) is 3. The highest BCUT2D eigenvalue weighted by atomic mass is 35.5. The molecular formula is C45H49Cl2FN6O6S. The molecule has 3 N–H and O–H groups in total. The minimum Gasteiger partial charge on any atom is -0.473 e. The Hall–Kier alpha value is -4.73. The van der Waals surface area contributed by atoms with Crippen LogP contribution in [0.4, 0.5) is 10.1 Å². The molecule has 5 aromatic rings. The van der Waals surface area contributed by atoms with Gasteiger partial charge in [-0.3, -0.25) is 9.69 Å². The van der Waals surface area contributed by atoms with Crippen molar-refractivity contribution in [3.05, 3.63) is 106 Å². The Morgan fingerprint density at radius 2 is 1.74 bits per heavy atom. The lowest BCUT2D eigenvalue weighted by atomic mass is 9.72. The van der Waals surface area contributed by atoms with Gasteiger partial charge in [-0.25, -0.2) is 27.5 Å². The molecule has 322 valence electrons. The SMILES string of the molecule is CC1(C)CCC(CN2CCN(c3ccc(C(=O)NS(=O)(=O)c4cnc(OC[C@]5(F)CC[C@@H](O)CC5)c(Cl)c4)c(Oc4cnc5[nH]ccc5c4)c3)CC2)=C(c2ccc(Cl)cc2)C1. The first-order valence-corrected chi connectivity index (χ1v) is 22.8. The fourth-order valence-electron chi connectivity index (χ4n) is 8.34. The third-order valence-corrected chi connectivity index (χ3v) is 13.8. The van der Waals surface area contributed by atoms with E-state index < -0.39 is 27.7 Å². The molecule has 0 unspecified atom stereocenters. The number of aromatic nitrogens is 3. The zero-order valence-corrected chi connectivity index (χ0v) is 36.4. The van der Waals surface area contributed by atoms with E-state index in [9.17, 15) is 18.3 Å². The van der Waals surface area contributed by atoms with E-state index in [1.165, 1.54) is 22.9 Å². The van der Waals surface area contributed by atoms with E-state index in [1.807, 2.05) is 18.2 Å². The Labute approximate surface area is 365 Å². The van der Waals surface area contributed by atoms with Gasteiger partial charge in [0.2, 0.25) is 5.88 Å². The number of piperazine rings is 1. The number of nitrogens with one attached hydrogen (secondary N) is 2. The van der Waals surface area contributed by atoms with Gasteiger partial charge in [-0.2, -0.15) is 0 Å². The fourth-order valence-corrected chi connectivity index (χ4v) is 9.69. The molecular weight excluding hydrogens is 843 g/mol. The number of rotatable bonds is 12. The summed E-state index contributed by atoms with van der Waals surface area (Å²) in [6.07, 6.45) is 7.81. The number of nitrogens with zero attached hydrogens (tertiary/aromatic N) is 4. The number of aromatic amines is 1. The molecule has 1 saturated heterocycles. The number of aliphatic hydroxyl groups excluding tert-OH is 1. The lowest BCUT2D eigenvalue weighted by molar-refractivity contribution is 0.00180. The van der Waals surface area contributed by atoms with Crippen molar-refractivity contribution in [2.24, 2.45) is 5.41 Å². The van der Waals surface area contributed by atoms with E-state index in [1.54, 1.807) is 30.5 Å². The molecule has 12 nitrogen and oxygen atoms in total. The van der Waals surface area contributed by atoms with E-state index in [2.05, 4.69) is 55.5 Å². The van der Waals surface area contributed by atoms with Gasteiger partial charge in [0.05, 0.1) is 24.1 Å². The zero-order chi connectivity index (χ0) is 42.9. The van der Waals surface area contributed by atoms with Crippen LogP contribution in [0.5, 0.6) is 17.4 Å². The molecule has 2 aliphatic carbocycles. The zero-order valence-electron chi connectivity index (χ0n) is 34.1. The predicted molar refractivity (Wildman–Crippen MR) is 235 cm³/mol. The Kier molecular flexibility index (Phi) is 12.4. The monoisotopic (exact) mass is 890 g/mol. The average Bonchev–Trinajstić information content (AvgIpc) is 3.71. The molecule has 0 spiro atoms. The topological polar surface area (TPSA) is 150 Å². The number of amides is 1. The predicted octanol–water partition coefficient (Wildman–Crippen LogP) is 8.98. The number of sulfonamides is 1. The van der Waals surface area contributed by atoms with Crippen molar-refractivity contribution in [2.75, 3.05) is 44.2 Å². The van der Waals surface area contributed by atoms with Gasteiger partial charge in [-0.1, -0.05) is 54.8 Å². The van der Waals surface area contributed by atoms with Crippen molar-refractivity contribution in [2.45, 2.75) is 75.5 Å². The van der Waals surface area contributed by atoms with Crippen molar-refractivity contribution < 1.29 is 32.2 Å². The lowest BCUT2D eigenvalue weighted by Gasteiger charge is -2.39. The van der Waals surface area contributed by atoms with Crippen molar-refractivity contribution in [1.29, 1.82) is 0 Å². The van der Waals surface area contributed by atoms with E-state index in [0.29, 0.717) is 24.2 Å². The molecule has 0 radical (unpaired) electrons. The van der Waals surface area contributed by atoms with Crippen LogP contribution in [0.1, 0.15) is 74.7 Å². The molecule has 16 heteroatoms. The van der Waals surface area contributed by atoms with Crippen molar-refractivity contribution in [3.8, 4) is 17.4 Å². The fraction of sp³-hybridized carbons (Fsp3) is 0.400. The number of halogens is 3. The molecule has 1 saturated carbocycles. The second kappa shape index (κ2) is 17.6. The summed E-state index contributed by atoms with van der Waals surface area (Å²) >= 11 is 12.6. The number of allylic oxidation sites excluding steroid dienone is 1. The summed E-state index contributed by atoms with van der Waals surface area (Å²) in [6.45, 7) is 8.31. The molecule has 1 amide bonds. The van der Waals surface area contributed by atoms with Crippen LogP contribution in [0.15, 0.2) is 89.7 Å². The summed E-state index contributed by atoms with van der Waals surface area (Å²) in [6, 6.07) is 18.0. The molecule has 0 atom stereocenters. The minimum atomic E-state index is -4.49. The van der Waals surface area contributed by atoms with Crippen LogP contribution in [0, 0.1) is 5.41 Å². The first-order chi connectivity index (χ1) is 29.1. The number of benzene rings is 2. The molecule has 0 bridgehead atoms. The van der Waals surface area contributed by atoms with Crippen molar-refractivity contribution in [1.82, 2.24) is 24.6 Å². The van der Waals surface area contributed by atoms with Crippen LogP contribution in [0.3, 0.4) is 0 Å². The molecule has 2 aromatic carbocycles. The standard InChI is InChI=1S/C45H49Cl2FN6O6S/c1-44(2)13-9-31(38(24-44)29-3-5-32(46)6-4-29)27-53-17-19-54(20-18-53)33-7-8-37(40(22-33)60-35-21-30-12-16-49-41(30)50-25-35)42(56)52-61(57,58)36-23-39(47)43(51-26-36)59-28-45(48)14-10-34(55)11-15-45/h3-8,12,16,21-23,25-26,34,55H,9-11,13-15,17-20,24,27-28H2,1-2H3,(H,49,50)(H,52,56)/t34-,45+. The summed E-state index contributed by atoms with van der Waals surface area (Å²) in [5.41, 5.74) is 4.13. The highest BCUT2D eigenvalue weighted by Gasteiger charge is 2.36. The number of carbonyl (C=O) groups is 1. The quantitative estimate of drug-likeness (QED) is 0.111. The Bertz CT molecular complexity index is 2550. The summed E-state index contributed by atoms with van der Waals surface area (Å²) < 4.78 is 56.3. The molecule has 3 aliphatic rings. The lowest BCUT2D eigenvalue weighted by Crippen LogP contribution is -2.47. The molecule has 61 heavy (non-hydrogen) atoms. The average molecular weight is 892 g/mol. The van der Waals surface area contributed by atoms with Crippen LogP contribution >= 0.6 is 23.2 Å². The van der Waals surface area contributed by atoms with Crippen molar-refractivity contribution in [3.63, 3.8) is 0 Å². The van der Waals surface area contributed by atoms with E-state index >= 15 is 4.39 Å². The largest absolute Gasteiger partial charge is 0.473 e. The number of H-pyrrole nitrogens is 1. The number of hydrogen-bond acceptors (Lipinski definition) is 10. The van der Waals surface area contributed by atoms with E-state index in [-0.39, 0.29) is 52.0 Å². The first-order valence-electron chi connectivity index (χ1n) is 20.5. The second-order valence-electron chi connectivity index (χ2n) is 17.1. The smallest absolute Gasteiger partial charge is 0.268 e. The maximum atomic E-state index is 15.2. The first kappa shape index (κ1) is 42.9. The van der Waals surface area contributed by atoms with Crippen LogP contribution in [-0.2, 0) is 10.0 Å². The summed E-state index contributed by atoms with van der Waals surface area (Å²) in [5.74, 6) is -0.578. The second-order valence-corrected chi connectivity index (χ2v) is 19.7. The third-order valence-electron chi connectivity index (χ3n) is 12.0. The summed E-state index contributed by atoms with van der Waals surface area (Å²) in [5, 5.41) is 11.1. The number of anilines is 1. The molecule has 1 aliphatic heterocycles. The van der Waals surface area contributed by atoms with Gasteiger partial charge in [-0.05, 0) is 104 Å². The normalized spacial score (nSPS) is 21.1. The van der Waals surface area contributed by atoms with Gasteiger partial charge in [0.15, 0.2) is 0 Å². The van der Waals surface area contributed by atoms with Crippen LogP contribution < -0.4 is 19.1 Å². The number of ether oxygens (including phenoxy) is 2. The van der Waals surface area contributed by atoms with Gasteiger partial charge in [-0.15, -0.1) is 0 Å². The van der Waals surface area contributed by atoms with Crippen LogP contribution in [-0.4, -0.2) is 90.4 Å². The maximum Gasteiger partial charge on any atom is 0.268 e. The molecule has 4 heterocycles. The molecule has 8 rings (SSSR count). The maximum absolute atomic E-state index is 15.2. The summed E-state index contributed by atoms with van der Waals surface area (Å²) in [4.78, 5) is 29.7. The van der Waals surface area contributed by atoms with Crippen molar-refractivity contribution >= 4 is 61.4 Å². The Morgan fingerprint density at radius 1 is 0.984 bits per heavy atom. The van der Waals surface area contributed by atoms with Gasteiger partial charge in [0.25, 0.3) is 15.9 Å². The molecule has 2 fully saturated rings. The number of pyridine rings is 2. The van der Waals surface area contributed by atoms with Crippen LogP contribution in [0.25, 0.3) is 16.6 Å². The highest BCUT2D eigenvalue weighted by Crippen LogP contribution is 2.44. The van der Waals surface area contributed by atoms with Gasteiger partial charge in [0, 0.05) is 61.1 Å². The number of carbonyl (C=O) groups excluding carboxylic acids is 1. The molecule has 3 aromatic heterocycles. The minimum absolute atomic E-state index is 0.0214. The van der Waals surface area contributed by atoms with E-state index in [0.717, 1.165) is 80.3 Å². The van der Waals surface area contributed by atoms with Gasteiger partial charge in [0.1, 0.15) is 39.3 Å². The Morgan fingerprint density at radius 3 is 2.48 bits per heavy atom. The van der Waals surface area contributed by atoms with E-state index in [4.69, 9.17) is 32.7 Å². The highest BCUT2D eigenvalue weighted by molar-refractivity contribution is 7.90. The van der Waals surface area contributed by atoms with Gasteiger partial charge >= 0.3 is 0 Å². The van der Waals surface area contributed by atoms with Crippen LogP contribution in [0.2, 0.25) is 10.0 Å². The number of aliphatic hydroxyl groups is 1. The third kappa shape index (κ3) is 10.2. The van der Waals surface area contributed by atoms with Gasteiger partial charge < -0.3 is 24.5 Å².